The van der Waals surface area contributed by atoms with E-state index in [-0.39, 0.29) is 17.7 Å². The predicted molar refractivity (Wildman–Crippen MR) is 64.6 cm³/mol. The molecule has 1 aliphatic rings. The molecule has 0 radical (unpaired) electrons. The lowest BCUT2D eigenvalue weighted by molar-refractivity contribution is 0.0835. The number of ether oxygens (including phenoxy) is 1. The summed E-state index contributed by atoms with van der Waals surface area (Å²) in [6.45, 7) is 1.13. The van der Waals surface area contributed by atoms with E-state index in [1.54, 1.807) is 0 Å². The molecular formula is C11H14N6O3. The van der Waals surface area contributed by atoms with Crippen molar-refractivity contribution in [3.8, 4) is 0 Å². The molecule has 0 aromatic carbocycles. The Morgan fingerprint density at radius 3 is 3.25 bits per heavy atom. The molecule has 1 amide bonds. The molecule has 3 rings (SSSR count). The lowest BCUT2D eigenvalue weighted by Gasteiger charge is -2.01. The lowest BCUT2D eigenvalue weighted by Crippen LogP contribution is -2.26. The molecule has 106 valence electrons. The summed E-state index contributed by atoms with van der Waals surface area (Å²) in [7, 11) is 0. The smallest absolute Gasteiger partial charge is 0.273 e. The second-order valence-electron chi connectivity index (χ2n) is 4.41. The van der Waals surface area contributed by atoms with E-state index in [1.807, 2.05) is 0 Å². The van der Waals surface area contributed by atoms with Gasteiger partial charge in [0.15, 0.2) is 11.5 Å². The number of aromatic amines is 1. The topological polar surface area (TPSA) is 119 Å². The first kappa shape index (κ1) is 12.7. The van der Waals surface area contributed by atoms with Gasteiger partial charge in [0.25, 0.3) is 11.8 Å². The van der Waals surface area contributed by atoms with Crippen LogP contribution in [0.25, 0.3) is 0 Å². The summed E-state index contributed by atoms with van der Waals surface area (Å²) in [5.74, 6) is 0.776. The highest BCUT2D eigenvalue weighted by atomic mass is 16.5. The van der Waals surface area contributed by atoms with Gasteiger partial charge in [-0.05, 0) is 12.8 Å². The van der Waals surface area contributed by atoms with Crippen molar-refractivity contribution in [2.24, 2.45) is 0 Å². The van der Waals surface area contributed by atoms with Crippen molar-refractivity contribution >= 4 is 5.91 Å². The third-order valence-corrected chi connectivity index (χ3v) is 2.97. The minimum Gasteiger partial charge on any atom is -0.368 e. The Morgan fingerprint density at radius 1 is 1.55 bits per heavy atom. The van der Waals surface area contributed by atoms with Gasteiger partial charge in [-0.1, -0.05) is 5.16 Å². The molecule has 0 bridgehead atoms. The highest BCUT2D eigenvalue weighted by molar-refractivity contribution is 5.91. The van der Waals surface area contributed by atoms with E-state index in [2.05, 4.69) is 30.9 Å². The molecule has 0 saturated carbocycles. The van der Waals surface area contributed by atoms with Crippen LogP contribution in [-0.2, 0) is 11.2 Å². The van der Waals surface area contributed by atoms with Crippen LogP contribution in [0.2, 0.25) is 0 Å². The van der Waals surface area contributed by atoms with Crippen LogP contribution in [0.15, 0.2) is 10.7 Å². The van der Waals surface area contributed by atoms with E-state index in [0.29, 0.717) is 24.7 Å². The number of carbonyl (C=O) groups is 1. The molecule has 2 aromatic heterocycles. The molecule has 2 aromatic rings. The number of amides is 1. The lowest BCUT2D eigenvalue weighted by atomic mass is 10.2. The zero-order chi connectivity index (χ0) is 13.8. The fraction of sp³-hybridized carbons (Fsp3) is 0.545. The molecule has 0 unspecified atom stereocenters. The highest BCUT2D eigenvalue weighted by Gasteiger charge is 2.23. The Hall–Kier alpha value is -2.29. The SMILES string of the molecule is O=C(NCCc1noc([C@H]2CCCO2)n1)c1cn[nH]n1. The largest absolute Gasteiger partial charge is 0.368 e. The number of H-pyrrole nitrogens is 1. The molecular weight excluding hydrogens is 264 g/mol. The Bertz CT molecular complexity index is 560. The van der Waals surface area contributed by atoms with Crippen LogP contribution in [0, 0.1) is 0 Å². The number of carbonyl (C=O) groups excluding carboxylic acids is 1. The van der Waals surface area contributed by atoms with Crippen molar-refractivity contribution in [2.45, 2.75) is 25.4 Å². The monoisotopic (exact) mass is 278 g/mol. The van der Waals surface area contributed by atoms with Crippen LogP contribution in [0.5, 0.6) is 0 Å². The molecule has 20 heavy (non-hydrogen) atoms. The van der Waals surface area contributed by atoms with Crippen molar-refractivity contribution < 1.29 is 14.1 Å². The van der Waals surface area contributed by atoms with E-state index in [1.165, 1.54) is 6.20 Å². The number of hydrogen-bond donors (Lipinski definition) is 2. The van der Waals surface area contributed by atoms with Crippen LogP contribution < -0.4 is 5.32 Å². The van der Waals surface area contributed by atoms with Gasteiger partial charge < -0.3 is 14.6 Å². The van der Waals surface area contributed by atoms with Crippen molar-refractivity contribution in [3.63, 3.8) is 0 Å². The summed E-state index contributed by atoms with van der Waals surface area (Å²) in [5, 5.41) is 16.2. The van der Waals surface area contributed by atoms with Gasteiger partial charge in [0, 0.05) is 19.6 Å². The Kier molecular flexibility index (Phi) is 3.68. The summed E-state index contributed by atoms with van der Waals surface area (Å²) in [4.78, 5) is 15.9. The average Bonchev–Trinajstić information content (AvgIpc) is 3.20. The molecule has 0 spiro atoms. The molecule has 3 heterocycles. The maximum Gasteiger partial charge on any atom is 0.273 e. The van der Waals surface area contributed by atoms with Gasteiger partial charge >= 0.3 is 0 Å². The first-order chi connectivity index (χ1) is 9.83. The third kappa shape index (κ3) is 2.82. The zero-order valence-corrected chi connectivity index (χ0v) is 10.7. The number of nitrogens with zero attached hydrogens (tertiary/aromatic N) is 4. The molecule has 1 aliphatic heterocycles. The average molecular weight is 278 g/mol. The van der Waals surface area contributed by atoms with Gasteiger partial charge in [-0.15, -0.1) is 0 Å². The fourth-order valence-corrected chi connectivity index (χ4v) is 1.96. The Labute approximate surface area is 114 Å². The normalized spacial score (nSPS) is 18.3. The number of nitrogens with one attached hydrogen (secondary N) is 2. The van der Waals surface area contributed by atoms with Gasteiger partial charge in [0.05, 0.1) is 6.20 Å². The van der Waals surface area contributed by atoms with Crippen LogP contribution in [-0.4, -0.2) is 44.6 Å². The van der Waals surface area contributed by atoms with E-state index >= 15 is 0 Å². The standard InChI is InChI=1S/C11H14N6O3/c18-10(7-6-13-17-15-7)12-4-3-9-14-11(20-16-9)8-2-1-5-19-8/h6,8H,1-5H2,(H,12,18)(H,13,15,17)/t8-/m1/s1. The fourth-order valence-electron chi connectivity index (χ4n) is 1.96. The van der Waals surface area contributed by atoms with Gasteiger partial charge in [-0.2, -0.15) is 20.4 Å². The predicted octanol–water partition coefficient (Wildman–Crippen LogP) is 0.0117. The first-order valence-corrected chi connectivity index (χ1v) is 6.41. The molecule has 1 saturated heterocycles. The molecule has 1 fully saturated rings. The summed E-state index contributed by atoms with van der Waals surface area (Å²) in [6.07, 6.45) is 3.68. The maximum absolute atomic E-state index is 11.6. The van der Waals surface area contributed by atoms with E-state index < -0.39 is 0 Å². The molecule has 0 aliphatic carbocycles. The summed E-state index contributed by atoms with van der Waals surface area (Å²) in [5.41, 5.74) is 0.248. The molecule has 9 nitrogen and oxygen atoms in total. The highest BCUT2D eigenvalue weighted by Crippen LogP contribution is 2.26. The van der Waals surface area contributed by atoms with Crippen LogP contribution in [0.4, 0.5) is 0 Å². The van der Waals surface area contributed by atoms with E-state index in [4.69, 9.17) is 9.26 Å². The maximum atomic E-state index is 11.6. The number of hydrogen-bond acceptors (Lipinski definition) is 7. The van der Waals surface area contributed by atoms with Gasteiger partial charge in [-0.3, -0.25) is 4.79 Å². The van der Waals surface area contributed by atoms with Crippen molar-refractivity contribution in [1.82, 2.24) is 30.9 Å². The van der Waals surface area contributed by atoms with Gasteiger partial charge in [0.1, 0.15) is 6.10 Å². The van der Waals surface area contributed by atoms with Gasteiger partial charge in [-0.25, -0.2) is 0 Å². The summed E-state index contributed by atoms with van der Waals surface area (Å²) in [6, 6.07) is 0. The van der Waals surface area contributed by atoms with Crippen molar-refractivity contribution in [3.05, 3.63) is 23.6 Å². The Balaban J connectivity index is 1.48. The Morgan fingerprint density at radius 2 is 2.50 bits per heavy atom. The van der Waals surface area contributed by atoms with Crippen molar-refractivity contribution in [1.29, 1.82) is 0 Å². The third-order valence-electron chi connectivity index (χ3n) is 2.97. The van der Waals surface area contributed by atoms with Crippen LogP contribution >= 0.6 is 0 Å². The van der Waals surface area contributed by atoms with Gasteiger partial charge in [0.2, 0.25) is 0 Å². The molecule has 1 atom stereocenters. The number of rotatable bonds is 5. The van der Waals surface area contributed by atoms with Crippen LogP contribution in [0.1, 0.15) is 41.1 Å². The van der Waals surface area contributed by atoms with Crippen LogP contribution in [0.3, 0.4) is 0 Å². The minimum atomic E-state index is -0.290. The van der Waals surface area contributed by atoms with E-state index in [9.17, 15) is 4.79 Å². The summed E-state index contributed by atoms with van der Waals surface area (Å²) < 4.78 is 10.6. The second-order valence-corrected chi connectivity index (χ2v) is 4.41. The second kappa shape index (κ2) is 5.78. The number of aromatic nitrogens is 5. The summed E-state index contributed by atoms with van der Waals surface area (Å²) >= 11 is 0. The first-order valence-electron chi connectivity index (χ1n) is 6.41. The minimum absolute atomic E-state index is 0.0824. The molecule has 9 heteroatoms. The van der Waals surface area contributed by atoms with E-state index in [0.717, 1.165) is 19.4 Å². The molecule has 2 N–H and O–H groups in total. The van der Waals surface area contributed by atoms with Crippen molar-refractivity contribution in [2.75, 3.05) is 13.2 Å². The quantitative estimate of drug-likeness (QED) is 0.790. The zero-order valence-electron chi connectivity index (χ0n) is 10.7.